The molecule has 4 rings (SSSR count). The van der Waals surface area contributed by atoms with Crippen LogP contribution in [0.25, 0.3) is 21.8 Å². The molecule has 3 heteroatoms. The van der Waals surface area contributed by atoms with E-state index in [2.05, 4.69) is 68.6 Å². The SMILES string of the molecule is CCC1(C)c2ncnc3ccc4cc(C)c[n+](c4c23)C1(C)CC. The number of hydrogen-bond donors (Lipinski definition) is 0. The number of benzene rings is 1. The minimum atomic E-state index is -0.0112. The molecule has 0 bridgehead atoms. The Labute approximate surface area is 137 Å². The second kappa shape index (κ2) is 4.50. The van der Waals surface area contributed by atoms with E-state index in [9.17, 15) is 0 Å². The van der Waals surface area contributed by atoms with Gasteiger partial charge in [0.1, 0.15) is 6.33 Å². The fraction of sp³-hybridized carbons (Fsp3) is 0.450. The summed E-state index contributed by atoms with van der Waals surface area (Å²) in [4.78, 5) is 9.32. The fourth-order valence-corrected chi connectivity index (χ4v) is 4.52. The molecular weight excluding hydrogens is 282 g/mol. The Kier molecular flexibility index (Phi) is 2.85. The molecule has 118 valence electrons. The van der Waals surface area contributed by atoms with Crippen LogP contribution in [-0.4, -0.2) is 9.97 Å². The maximum atomic E-state index is 4.79. The van der Waals surface area contributed by atoms with Gasteiger partial charge < -0.3 is 0 Å². The van der Waals surface area contributed by atoms with Gasteiger partial charge in [0, 0.05) is 24.3 Å². The highest BCUT2D eigenvalue weighted by Gasteiger charge is 2.56. The highest BCUT2D eigenvalue weighted by molar-refractivity contribution is 6.04. The summed E-state index contributed by atoms with van der Waals surface area (Å²) >= 11 is 0. The van der Waals surface area contributed by atoms with Gasteiger partial charge in [0.15, 0.2) is 11.7 Å². The van der Waals surface area contributed by atoms with E-state index in [1.165, 1.54) is 27.5 Å². The largest absolute Gasteiger partial charge is 0.240 e. The molecule has 2 atom stereocenters. The minimum Gasteiger partial charge on any atom is -0.240 e. The molecule has 3 heterocycles. The van der Waals surface area contributed by atoms with Gasteiger partial charge in [-0.05, 0) is 38.5 Å². The quantitative estimate of drug-likeness (QED) is 0.525. The summed E-state index contributed by atoms with van der Waals surface area (Å²) in [6.45, 7) is 11.5. The Morgan fingerprint density at radius 2 is 1.87 bits per heavy atom. The third-order valence-corrected chi connectivity index (χ3v) is 6.40. The van der Waals surface area contributed by atoms with Crippen LogP contribution >= 0.6 is 0 Å². The highest BCUT2D eigenvalue weighted by atomic mass is 15.1. The van der Waals surface area contributed by atoms with E-state index < -0.39 is 0 Å². The van der Waals surface area contributed by atoms with Crippen molar-refractivity contribution in [2.45, 2.75) is 58.4 Å². The van der Waals surface area contributed by atoms with Gasteiger partial charge in [0.25, 0.3) is 0 Å². The van der Waals surface area contributed by atoms with Gasteiger partial charge in [0.2, 0.25) is 5.52 Å². The van der Waals surface area contributed by atoms with Crippen molar-refractivity contribution in [3.63, 3.8) is 0 Å². The van der Waals surface area contributed by atoms with Crippen molar-refractivity contribution in [1.82, 2.24) is 9.97 Å². The van der Waals surface area contributed by atoms with Gasteiger partial charge in [0.05, 0.1) is 22.0 Å². The molecule has 2 aromatic heterocycles. The second-order valence-electron chi connectivity index (χ2n) is 7.32. The van der Waals surface area contributed by atoms with E-state index in [1.54, 1.807) is 6.33 Å². The first-order chi connectivity index (χ1) is 11.0. The molecule has 0 N–H and O–H groups in total. The summed E-state index contributed by atoms with van der Waals surface area (Å²) in [7, 11) is 0. The van der Waals surface area contributed by atoms with Crippen LogP contribution in [0.2, 0.25) is 0 Å². The zero-order valence-electron chi connectivity index (χ0n) is 14.6. The van der Waals surface area contributed by atoms with E-state index in [0.717, 1.165) is 18.4 Å². The van der Waals surface area contributed by atoms with Crippen LogP contribution in [0.5, 0.6) is 0 Å². The Morgan fingerprint density at radius 1 is 1.09 bits per heavy atom. The fourth-order valence-electron chi connectivity index (χ4n) is 4.52. The molecule has 1 aromatic carbocycles. The third-order valence-electron chi connectivity index (χ3n) is 6.40. The summed E-state index contributed by atoms with van der Waals surface area (Å²) in [5.41, 5.74) is 4.85. The van der Waals surface area contributed by atoms with E-state index in [0.29, 0.717) is 0 Å². The number of aromatic nitrogens is 3. The molecule has 0 saturated heterocycles. The molecule has 0 amide bonds. The Hall–Kier alpha value is -2.03. The molecule has 0 spiro atoms. The summed E-state index contributed by atoms with van der Waals surface area (Å²) in [6.07, 6.45) is 6.17. The molecule has 1 aliphatic heterocycles. The molecule has 0 saturated carbocycles. The van der Waals surface area contributed by atoms with Crippen LogP contribution in [0.15, 0.2) is 30.7 Å². The maximum absolute atomic E-state index is 4.79. The van der Waals surface area contributed by atoms with Gasteiger partial charge in [-0.3, -0.25) is 0 Å². The van der Waals surface area contributed by atoms with Crippen molar-refractivity contribution in [2.75, 3.05) is 0 Å². The zero-order valence-corrected chi connectivity index (χ0v) is 14.6. The number of nitrogens with zero attached hydrogens (tertiary/aromatic N) is 3. The van der Waals surface area contributed by atoms with Crippen LogP contribution in [0, 0.1) is 6.92 Å². The zero-order chi connectivity index (χ0) is 16.4. The maximum Gasteiger partial charge on any atom is 0.224 e. The second-order valence-corrected chi connectivity index (χ2v) is 7.32. The molecule has 2 unspecified atom stereocenters. The van der Waals surface area contributed by atoms with Gasteiger partial charge in [-0.1, -0.05) is 13.8 Å². The molecule has 1 aliphatic rings. The van der Waals surface area contributed by atoms with Crippen molar-refractivity contribution in [3.05, 3.63) is 42.0 Å². The number of hydrogen-bond acceptors (Lipinski definition) is 2. The van der Waals surface area contributed by atoms with Crippen molar-refractivity contribution < 1.29 is 4.57 Å². The van der Waals surface area contributed by atoms with Gasteiger partial charge in [-0.25, -0.2) is 9.97 Å². The van der Waals surface area contributed by atoms with E-state index in [1.807, 2.05) is 0 Å². The molecule has 3 nitrogen and oxygen atoms in total. The standard InChI is InChI=1S/C20H24N3/c1-6-19(4)18-16-15(21-12-22-18)9-8-14-10-13(3)11-23(17(14)16)20(19,5)7-2/h8-12H,6-7H2,1-5H3/q+1. The number of pyridine rings is 1. The van der Waals surface area contributed by atoms with Crippen molar-refractivity contribution in [2.24, 2.45) is 0 Å². The first kappa shape index (κ1) is 14.6. The smallest absolute Gasteiger partial charge is 0.224 e. The van der Waals surface area contributed by atoms with Crippen LogP contribution < -0.4 is 4.57 Å². The Balaban J connectivity index is 2.34. The van der Waals surface area contributed by atoms with E-state index >= 15 is 0 Å². The van der Waals surface area contributed by atoms with Crippen LogP contribution in [0.3, 0.4) is 0 Å². The summed E-state index contributed by atoms with van der Waals surface area (Å²) < 4.78 is 2.51. The normalized spacial score (nSPS) is 26.3. The lowest BCUT2D eigenvalue weighted by Gasteiger charge is -2.44. The lowest BCUT2D eigenvalue weighted by atomic mass is 9.63. The summed E-state index contributed by atoms with van der Waals surface area (Å²) in [5, 5.41) is 2.52. The number of aryl methyl sites for hydroxylation is 1. The predicted octanol–water partition coefficient (Wildman–Crippen LogP) is 4.19. The Morgan fingerprint density at radius 3 is 2.57 bits per heavy atom. The average Bonchev–Trinajstić information content (AvgIpc) is 2.57. The van der Waals surface area contributed by atoms with Crippen LogP contribution in [0.4, 0.5) is 0 Å². The molecule has 3 aromatic rings. The van der Waals surface area contributed by atoms with Crippen molar-refractivity contribution in [3.8, 4) is 0 Å². The van der Waals surface area contributed by atoms with E-state index in [-0.39, 0.29) is 11.0 Å². The number of rotatable bonds is 2. The predicted molar refractivity (Wildman–Crippen MR) is 93.6 cm³/mol. The first-order valence-corrected chi connectivity index (χ1v) is 8.57. The van der Waals surface area contributed by atoms with Crippen LogP contribution in [-0.2, 0) is 11.0 Å². The van der Waals surface area contributed by atoms with Gasteiger partial charge >= 0.3 is 0 Å². The summed E-state index contributed by atoms with van der Waals surface area (Å²) in [5.74, 6) is 0. The molecule has 0 radical (unpaired) electrons. The molecular formula is C20H24N3+. The molecule has 0 fully saturated rings. The summed E-state index contributed by atoms with van der Waals surface area (Å²) in [6, 6.07) is 6.60. The molecule has 0 aliphatic carbocycles. The van der Waals surface area contributed by atoms with Crippen LogP contribution in [0.1, 0.15) is 51.8 Å². The minimum absolute atomic E-state index is 0.00164. The molecule has 23 heavy (non-hydrogen) atoms. The third kappa shape index (κ3) is 1.58. The van der Waals surface area contributed by atoms with Crippen molar-refractivity contribution >= 4 is 21.8 Å². The Bertz CT molecular complexity index is 946. The lowest BCUT2D eigenvalue weighted by Crippen LogP contribution is -2.66. The topological polar surface area (TPSA) is 29.7 Å². The first-order valence-electron chi connectivity index (χ1n) is 8.57. The average molecular weight is 306 g/mol. The van der Waals surface area contributed by atoms with Gasteiger partial charge in [-0.15, -0.1) is 0 Å². The van der Waals surface area contributed by atoms with Crippen molar-refractivity contribution in [1.29, 1.82) is 0 Å². The lowest BCUT2D eigenvalue weighted by molar-refractivity contribution is -0.751. The van der Waals surface area contributed by atoms with E-state index in [4.69, 9.17) is 4.98 Å². The van der Waals surface area contributed by atoms with Gasteiger partial charge in [-0.2, -0.15) is 4.57 Å². The highest BCUT2D eigenvalue weighted by Crippen LogP contribution is 2.48. The monoisotopic (exact) mass is 306 g/mol.